The van der Waals surface area contributed by atoms with Crippen molar-refractivity contribution >= 4 is 22.8 Å². The highest BCUT2D eigenvalue weighted by molar-refractivity contribution is 8.13. The summed E-state index contributed by atoms with van der Waals surface area (Å²) in [7, 11) is 3.07. The summed E-state index contributed by atoms with van der Waals surface area (Å²) in [6.07, 6.45) is 1.63. The SMILES string of the molecule is COc1cc2c(cc1OC)C(=O)N1CCC[C@@H]1C(=O)S2. The van der Waals surface area contributed by atoms with Crippen molar-refractivity contribution < 1.29 is 19.1 Å². The molecule has 2 heterocycles. The van der Waals surface area contributed by atoms with Crippen LogP contribution in [0.4, 0.5) is 0 Å². The summed E-state index contributed by atoms with van der Waals surface area (Å²) in [4.78, 5) is 27.2. The van der Waals surface area contributed by atoms with Crippen LogP contribution in [0, 0.1) is 0 Å². The third-order valence-electron chi connectivity index (χ3n) is 3.71. The molecule has 0 aliphatic carbocycles. The molecule has 0 unspecified atom stereocenters. The minimum atomic E-state index is -0.295. The van der Waals surface area contributed by atoms with Gasteiger partial charge in [0.2, 0.25) is 5.12 Å². The lowest BCUT2D eigenvalue weighted by molar-refractivity contribution is -0.114. The van der Waals surface area contributed by atoms with Gasteiger partial charge in [-0.05, 0) is 36.7 Å². The second-order valence-electron chi connectivity index (χ2n) is 4.78. The highest BCUT2D eigenvalue weighted by atomic mass is 32.2. The highest BCUT2D eigenvalue weighted by Gasteiger charge is 2.39. The van der Waals surface area contributed by atoms with Gasteiger partial charge in [0.05, 0.1) is 19.8 Å². The highest BCUT2D eigenvalue weighted by Crippen LogP contribution is 2.40. The van der Waals surface area contributed by atoms with Gasteiger partial charge in [-0.1, -0.05) is 0 Å². The lowest BCUT2D eigenvalue weighted by Gasteiger charge is -2.20. The van der Waals surface area contributed by atoms with E-state index in [0.717, 1.165) is 24.6 Å². The number of carbonyl (C=O) groups is 2. The van der Waals surface area contributed by atoms with Crippen LogP contribution in [-0.4, -0.2) is 42.7 Å². The molecule has 1 atom stereocenters. The first kappa shape index (κ1) is 13.3. The summed E-state index contributed by atoms with van der Waals surface area (Å²) in [5.41, 5.74) is 0.519. The molecule has 106 valence electrons. The van der Waals surface area contributed by atoms with Crippen molar-refractivity contribution in [3.05, 3.63) is 17.7 Å². The topological polar surface area (TPSA) is 55.8 Å². The van der Waals surface area contributed by atoms with Gasteiger partial charge in [-0.25, -0.2) is 0 Å². The first-order valence-electron chi connectivity index (χ1n) is 6.44. The summed E-state index contributed by atoms with van der Waals surface area (Å²) in [6.45, 7) is 0.642. The van der Waals surface area contributed by atoms with Gasteiger partial charge in [0.1, 0.15) is 6.04 Å². The summed E-state index contributed by atoms with van der Waals surface area (Å²) >= 11 is 1.12. The van der Waals surface area contributed by atoms with E-state index in [9.17, 15) is 9.59 Å². The fraction of sp³-hybridized carbons (Fsp3) is 0.429. The lowest BCUT2D eigenvalue weighted by Crippen LogP contribution is -2.37. The number of ether oxygens (including phenoxy) is 2. The molecule has 0 bridgehead atoms. The Hall–Kier alpha value is -1.69. The number of thioether (sulfide) groups is 1. The van der Waals surface area contributed by atoms with E-state index in [2.05, 4.69) is 0 Å². The first-order chi connectivity index (χ1) is 9.65. The van der Waals surface area contributed by atoms with Crippen LogP contribution < -0.4 is 9.47 Å². The molecule has 0 aromatic heterocycles. The summed E-state index contributed by atoms with van der Waals surface area (Å²) in [5.74, 6) is 0.938. The van der Waals surface area contributed by atoms with Crippen molar-refractivity contribution in [1.29, 1.82) is 0 Å². The third-order valence-corrected chi connectivity index (χ3v) is 4.74. The summed E-state index contributed by atoms with van der Waals surface area (Å²) in [5, 5.41) is 0.0295. The third kappa shape index (κ3) is 1.95. The van der Waals surface area contributed by atoms with Crippen LogP contribution in [0.15, 0.2) is 17.0 Å². The fourth-order valence-electron chi connectivity index (χ4n) is 2.70. The monoisotopic (exact) mass is 293 g/mol. The van der Waals surface area contributed by atoms with Crippen molar-refractivity contribution in [2.24, 2.45) is 0 Å². The normalized spacial score (nSPS) is 21.3. The first-order valence-corrected chi connectivity index (χ1v) is 7.26. The minimum Gasteiger partial charge on any atom is -0.493 e. The molecule has 0 radical (unpaired) electrons. The Morgan fingerprint density at radius 3 is 2.60 bits per heavy atom. The van der Waals surface area contributed by atoms with E-state index < -0.39 is 0 Å². The Balaban J connectivity index is 2.12. The number of hydrogen-bond acceptors (Lipinski definition) is 5. The average molecular weight is 293 g/mol. The molecule has 1 aromatic rings. The Labute approximate surface area is 121 Å². The second kappa shape index (κ2) is 5.01. The van der Waals surface area contributed by atoms with Crippen LogP contribution in [0.1, 0.15) is 23.2 Å². The zero-order chi connectivity index (χ0) is 14.3. The molecular weight excluding hydrogens is 278 g/mol. The molecule has 0 saturated carbocycles. The van der Waals surface area contributed by atoms with E-state index in [1.807, 2.05) is 0 Å². The van der Waals surface area contributed by atoms with Crippen LogP contribution in [0.3, 0.4) is 0 Å². The predicted molar refractivity (Wildman–Crippen MR) is 74.5 cm³/mol. The van der Waals surface area contributed by atoms with Gasteiger partial charge in [0.15, 0.2) is 11.5 Å². The van der Waals surface area contributed by atoms with Crippen molar-refractivity contribution in [1.82, 2.24) is 4.90 Å². The van der Waals surface area contributed by atoms with Crippen LogP contribution in [0.5, 0.6) is 11.5 Å². The number of hydrogen-bond donors (Lipinski definition) is 0. The van der Waals surface area contributed by atoms with Gasteiger partial charge in [-0.3, -0.25) is 9.59 Å². The van der Waals surface area contributed by atoms with Crippen molar-refractivity contribution in [2.45, 2.75) is 23.8 Å². The lowest BCUT2D eigenvalue weighted by atomic mass is 10.1. The van der Waals surface area contributed by atoms with E-state index in [0.29, 0.717) is 28.5 Å². The van der Waals surface area contributed by atoms with Gasteiger partial charge < -0.3 is 14.4 Å². The number of fused-ring (bicyclic) bond motifs is 2. The maximum atomic E-state index is 12.6. The van der Waals surface area contributed by atoms with Gasteiger partial charge in [0, 0.05) is 11.4 Å². The van der Waals surface area contributed by atoms with Crippen LogP contribution in [0.25, 0.3) is 0 Å². The molecule has 3 rings (SSSR count). The molecule has 5 nitrogen and oxygen atoms in total. The molecule has 0 N–H and O–H groups in total. The Morgan fingerprint density at radius 1 is 1.20 bits per heavy atom. The molecule has 2 aliphatic heterocycles. The van der Waals surface area contributed by atoms with Gasteiger partial charge in [-0.2, -0.15) is 0 Å². The number of benzene rings is 1. The number of nitrogens with zero attached hydrogens (tertiary/aromatic N) is 1. The number of methoxy groups -OCH3 is 2. The summed E-state index contributed by atoms with van der Waals surface area (Å²) in [6, 6.07) is 3.07. The van der Waals surface area contributed by atoms with Crippen LogP contribution in [0.2, 0.25) is 0 Å². The van der Waals surface area contributed by atoms with Crippen molar-refractivity contribution in [3.8, 4) is 11.5 Å². The molecule has 1 aromatic carbocycles. The Kier molecular flexibility index (Phi) is 3.33. The number of carbonyl (C=O) groups excluding carboxylic acids is 2. The molecule has 1 amide bonds. The number of rotatable bonds is 2. The molecule has 6 heteroatoms. The summed E-state index contributed by atoms with van der Waals surface area (Å²) < 4.78 is 10.5. The van der Waals surface area contributed by atoms with E-state index in [4.69, 9.17) is 9.47 Å². The second-order valence-corrected chi connectivity index (χ2v) is 5.83. The molecule has 2 aliphatic rings. The molecule has 20 heavy (non-hydrogen) atoms. The minimum absolute atomic E-state index is 0.0295. The van der Waals surface area contributed by atoms with Gasteiger partial charge in [0.25, 0.3) is 5.91 Å². The predicted octanol–water partition coefficient (Wildman–Crippen LogP) is 1.94. The smallest absolute Gasteiger partial charge is 0.255 e. The van der Waals surface area contributed by atoms with E-state index in [1.54, 1.807) is 17.0 Å². The molecule has 0 spiro atoms. The largest absolute Gasteiger partial charge is 0.493 e. The molecular formula is C14H15NO4S. The van der Waals surface area contributed by atoms with E-state index >= 15 is 0 Å². The molecule has 1 fully saturated rings. The van der Waals surface area contributed by atoms with Crippen molar-refractivity contribution in [3.63, 3.8) is 0 Å². The van der Waals surface area contributed by atoms with Crippen molar-refractivity contribution in [2.75, 3.05) is 20.8 Å². The quantitative estimate of drug-likeness (QED) is 0.834. The van der Waals surface area contributed by atoms with Gasteiger partial charge >= 0.3 is 0 Å². The maximum absolute atomic E-state index is 12.6. The van der Waals surface area contributed by atoms with Gasteiger partial charge in [-0.15, -0.1) is 0 Å². The zero-order valence-corrected chi connectivity index (χ0v) is 12.2. The fourth-order valence-corrected chi connectivity index (χ4v) is 3.72. The van der Waals surface area contributed by atoms with E-state index in [-0.39, 0.29) is 17.1 Å². The number of amides is 1. The Morgan fingerprint density at radius 2 is 1.90 bits per heavy atom. The average Bonchev–Trinajstić information content (AvgIpc) is 2.92. The van der Waals surface area contributed by atoms with E-state index in [1.165, 1.54) is 14.2 Å². The maximum Gasteiger partial charge on any atom is 0.255 e. The Bertz CT molecular complexity index is 587. The standard InChI is InChI=1S/C14H15NO4S/c1-18-10-6-8-12(7-11(10)19-2)20-14(17)9-4-3-5-15(9)13(8)16/h6-7,9H,3-5H2,1-2H3/t9-/m1/s1. The van der Waals surface area contributed by atoms with Crippen LogP contribution >= 0.6 is 11.8 Å². The van der Waals surface area contributed by atoms with Crippen LogP contribution in [-0.2, 0) is 4.79 Å². The molecule has 1 saturated heterocycles. The zero-order valence-electron chi connectivity index (χ0n) is 11.3.